The number of carbonyl (C=O) groups excluding carboxylic acids is 1. The predicted octanol–water partition coefficient (Wildman–Crippen LogP) is 3.58. The summed E-state index contributed by atoms with van der Waals surface area (Å²) in [6, 6.07) is 9.52. The lowest BCUT2D eigenvalue weighted by Gasteiger charge is -2.25. The molecule has 4 rings (SSSR count). The Kier molecular flexibility index (Phi) is 4.15. The molecule has 1 amide bonds. The van der Waals surface area contributed by atoms with Crippen LogP contribution in [0, 0.1) is 6.92 Å². The van der Waals surface area contributed by atoms with E-state index < -0.39 is 0 Å². The normalized spacial score (nSPS) is 13.4. The monoisotopic (exact) mass is 351 g/mol. The van der Waals surface area contributed by atoms with Gasteiger partial charge in [-0.2, -0.15) is 0 Å². The smallest absolute Gasteiger partial charge is 0.284 e. The molecule has 25 heavy (non-hydrogen) atoms. The quantitative estimate of drug-likeness (QED) is 0.781. The predicted molar refractivity (Wildman–Crippen MR) is 98.6 cm³/mol. The van der Waals surface area contributed by atoms with Crippen molar-refractivity contribution >= 4 is 34.7 Å². The van der Waals surface area contributed by atoms with Crippen LogP contribution in [0.5, 0.6) is 0 Å². The summed E-state index contributed by atoms with van der Waals surface area (Å²) in [5.41, 5.74) is 1.88. The number of nitrogens with one attached hydrogen (secondary N) is 1. The molecule has 0 saturated heterocycles. The second-order valence-electron chi connectivity index (χ2n) is 5.89. The van der Waals surface area contributed by atoms with E-state index in [0.717, 1.165) is 41.3 Å². The van der Waals surface area contributed by atoms with E-state index in [2.05, 4.69) is 20.3 Å². The molecule has 126 valence electrons. The number of anilines is 3. The number of hydrogen-bond donors (Lipinski definition) is 1. The molecular weight excluding hydrogens is 334 g/mol. The van der Waals surface area contributed by atoms with Crippen LogP contribution in [0.3, 0.4) is 0 Å². The average molecular weight is 351 g/mol. The first-order valence-electron chi connectivity index (χ1n) is 8.13. The largest absolute Gasteiger partial charge is 0.320 e. The fourth-order valence-electron chi connectivity index (χ4n) is 2.85. The number of benzene rings is 1. The maximum atomic E-state index is 12.6. The summed E-state index contributed by atoms with van der Waals surface area (Å²) in [4.78, 5) is 28.9. The minimum Gasteiger partial charge on any atom is -0.320 e. The van der Waals surface area contributed by atoms with Crippen molar-refractivity contribution in [1.29, 1.82) is 0 Å². The van der Waals surface area contributed by atoms with Crippen molar-refractivity contribution < 1.29 is 4.79 Å². The first kappa shape index (κ1) is 15.7. The summed E-state index contributed by atoms with van der Waals surface area (Å²) >= 11 is 1.44. The minimum atomic E-state index is -0.182. The first-order valence-corrected chi connectivity index (χ1v) is 8.94. The Morgan fingerprint density at radius 1 is 1.24 bits per heavy atom. The molecule has 0 saturated carbocycles. The number of amides is 1. The molecule has 1 N–H and O–H groups in total. The number of carbonyl (C=O) groups is 1. The van der Waals surface area contributed by atoms with Gasteiger partial charge in [-0.25, -0.2) is 15.0 Å². The van der Waals surface area contributed by atoms with Gasteiger partial charge in [0.15, 0.2) is 10.8 Å². The maximum absolute atomic E-state index is 12.6. The Balaban J connectivity index is 1.61. The van der Waals surface area contributed by atoms with Gasteiger partial charge in [-0.3, -0.25) is 9.69 Å². The molecule has 0 atom stereocenters. The van der Waals surface area contributed by atoms with E-state index in [4.69, 9.17) is 0 Å². The summed E-state index contributed by atoms with van der Waals surface area (Å²) in [5.74, 6) is 1.25. The van der Waals surface area contributed by atoms with Gasteiger partial charge in [0.05, 0.1) is 0 Å². The Hall–Kier alpha value is -2.80. The molecule has 0 aliphatic carbocycles. The zero-order valence-corrected chi connectivity index (χ0v) is 14.6. The van der Waals surface area contributed by atoms with Crippen molar-refractivity contribution in [2.24, 2.45) is 0 Å². The molecule has 0 bridgehead atoms. The Morgan fingerprint density at radius 2 is 2.08 bits per heavy atom. The van der Waals surface area contributed by atoms with E-state index in [1.54, 1.807) is 18.5 Å². The molecule has 0 unspecified atom stereocenters. The number of thiazole rings is 1. The zero-order chi connectivity index (χ0) is 17.2. The van der Waals surface area contributed by atoms with E-state index >= 15 is 0 Å². The third-order valence-corrected chi connectivity index (χ3v) is 5.08. The lowest BCUT2D eigenvalue weighted by atomic mass is 10.2. The molecule has 3 heterocycles. The summed E-state index contributed by atoms with van der Waals surface area (Å²) in [6.07, 6.45) is 5.35. The molecule has 3 aromatic rings. The summed E-state index contributed by atoms with van der Waals surface area (Å²) < 4.78 is 0. The average Bonchev–Trinajstić information content (AvgIpc) is 3.07. The number of fused-ring (bicyclic) bond motifs is 1. The molecule has 1 aliphatic heterocycles. The van der Waals surface area contributed by atoms with Crippen LogP contribution in [-0.4, -0.2) is 27.4 Å². The van der Waals surface area contributed by atoms with Crippen LogP contribution in [-0.2, 0) is 6.42 Å². The number of aryl methyl sites for hydroxylation is 2. The topological polar surface area (TPSA) is 71.0 Å². The lowest BCUT2D eigenvalue weighted by Crippen LogP contribution is -2.26. The molecular formula is C18H17N5OS. The van der Waals surface area contributed by atoms with Crippen LogP contribution < -0.4 is 10.2 Å². The highest BCUT2D eigenvalue weighted by atomic mass is 32.1. The molecule has 6 nitrogen and oxygen atoms in total. The van der Waals surface area contributed by atoms with Gasteiger partial charge in [0, 0.05) is 29.5 Å². The highest BCUT2D eigenvalue weighted by Crippen LogP contribution is 2.35. The van der Waals surface area contributed by atoms with Crippen molar-refractivity contribution in [1.82, 2.24) is 15.0 Å². The van der Waals surface area contributed by atoms with Crippen molar-refractivity contribution in [3.05, 3.63) is 58.2 Å². The Labute approximate surface area is 149 Å². The van der Waals surface area contributed by atoms with E-state index in [1.165, 1.54) is 11.3 Å². The number of hydrogen-bond acceptors (Lipinski definition) is 6. The van der Waals surface area contributed by atoms with E-state index in [9.17, 15) is 4.79 Å². The van der Waals surface area contributed by atoms with E-state index in [1.807, 2.05) is 36.1 Å². The van der Waals surface area contributed by atoms with Crippen molar-refractivity contribution in [2.45, 2.75) is 19.8 Å². The number of rotatable bonds is 3. The van der Waals surface area contributed by atoms with Crippen LogP contribution in [0.1, 0.15) is 26.7 Å². The minimum absolute atomic E-state index is 0.182. The van der Waals surface area contributed by atoms with Gasteiger partial charge in [-0.05, 0) is 43.5 Å². The van der Waals surface area contributed by atoms with E-state index in [-0.39, 0.29) is 5.91 Å². The molecule has 2 aromatic heterocycles. The number of nitrogens with zero attached hydrogens (tertiary/aromatic N) is 4. The van der Waals surface area contributed by atoms with Crippen LogP contribution in [0.15, 0.2) is 42.7 Å². The van der Waals surface area contributed by atoms with Crippen molar-refractivity contribution in [3.63, 3.8) is 0 Å². The molecule has 0 radical (unpaired) electrons. The van der Waals surface area contributed by atoms with Crippen LogP contribution in [0.25, 0.3) is 0 Å². The molecule has 0 fully saturated rings. The van der Waals surface area contributed by atoms with E-state index in [0.29, 0.717) is 11.0 Å². The zero-order valence-electron chi connectivity index (χ0n) is 13.8. The highest BCUT2D eigenvalue weighted by Gasteiger charge is 2.26. The van der Waals surface area contributed by atoms with Gasteiger partial charge in [0.25, 0.3) is 5.91 Å². The van der Waals surface area contributed by atoms with Gasteiger partial charge >= 0.3 is 0 Å². The van der Waals surface area contributed by atoms with Gasteiger partial charge in [0.1, 0.15) is 0 Å². The lowest BCUT2D eigenvalue weighted by molar-refractivity contribution is 0.102. The second-order valence-corrected chi connectivity index (χ2v) is 6.98. The molecule has 7 heteroatoms. The standard InChI is InChI=1S/C18H17N5OS/c1-12-5-2-6-13(11-12)21-16(24)17-22-15-14(25-17)7-3-10-23(15)18-19-8-4-9-20-18/h2,4-6,8-9,11H,3,7,10H2,1H3,(H,21,24). The maximum Gasteiger partial charge on any atom is 0.284 e. The Morgan fingerprint density at radius 3 is 2.88 bits per heavy atom. The first-order chi connectivity index (χ1) is 12.2. The SMILES string of the molecule is Cc1cccc(NC(=O)c2nc3c(s2)CCCN3c2ncccn2)c1. The second kappa shape index (κ2) is 6.60. The summed E-state index contributed by atoms with van der Waals surface area (Å²) in [7, 11) is 0. The van der Waals surface area contributed by atoms with Crippen LogP contribution in [0.2, 0.25) is 0 Å². The van der Waals surface area contributed by atoms with Gasteiger partial charge in [-0.1, -0.05) is 12.1 Å². The van der Waals surface area contributed by atoms with Crippen LogP contribution in [0.4, 0.5) is 17.5 Å². The fourth-order valence-corrected chi connectivity index (χ4v) is 3.85. The third-order valence-electron chi connectivity index (χ3n) is 3.98. The Bertz CT molecular complexity index is 909. The third kappa shape index (κ3) is 3.23. The van der Waals surface area contributed by atoms with Crippen molar-refractivity contribution in [3.8, 4) is 0 Å². The van der Waals surface area contributed by atoms with Crippen LogP contribution >= 0.6 is 11.3 Å². The molecule has 1 aliphatic rings. The van der Waals surface area contributed by atoms with Gasteiger partial charge in [0.2, 0.25) is 5.95 Å². The fraction of sp³-hybridized carbons (Fsp3) is 0.222. The summed E-state index contributed by atoms with van der Waals surface area (Å²) in [5, 5.41) is 3.39. The van der Waals surface area contributed by atoms with Crippen molar-refractivity contribution in [2.75, 3.05) is 16.8 Å². The van der Waals surface area contributed by atoms with Gasteiger partial charge < -0.3 is 5.32 Å². The van der Waals surface area contributed by atoms with Gasteiger partial charge in [-0.15, -0.1) is 11.3 Å². The number of aromatic nitrogens is 3. The summed E-state index contributed by atoms with van der Waals surface area (Å²) in [6.45, 7) is 2.80. The molecule has 1 aromatic carbocycles. The molecule has 0 spiro atoms. The highest BCUT2D eigenvalue weighted by molar-refractivity contribution is 7.14.